The first kappa shape index (κ1) is 16.6. The quantitative estimate of drug-likeness (QED) is 0.240. The molecule has 1 heterocycles. The van der Waals surface area contributed by atoms with Crippen molar-refractivity contribution in [3.05, 3.63) is 22.8 Å². The van der Waals surface area contributed by atoms with Crippen LogP contribution in [0.1, 0.15) is 51.0 Å². The Morgan fingerprint density at radius 3 is 2.75 bits per heavy atom. The number of oxime groups is 1. The lowest BCUT2D eigenvalue weighted by atomic mass is 10.1. The maximum Gasteiger partial charge on any atom is 0.233 e. The van der Waals surface area contributed by atoms with E-state index >= 15 is 0 Å². The summed E-state index contributed by atoms with van der Waals surface area (Å²) in [7, 11) is 0. The molecule has 1 aromatic rings. The molecule has 0 bridgehead atoms. The van der Waals surface area contributed by atoms with E-state index in [-0.39, 0.29) is 10.9 Å². The van der Waals surface area contributed by atoms with Crippen LogP contribution in [-0.4, -0.2) is 22.6 Å². The number of aromatic nitrogens is 1. The Morgan fingerprint density at radius 2 is 2.05 bits per heavy atom. The average molecular weight is 300 g/mol. The van der Waals surface area contributed by atoms with Crippen LogP contribution in [0.4, 0.5) is 0 Å². The molecule has 5 nitrogen and oxygen atoms in total. The van der Waals surface area contributed by atoms with E-state index in [1.165, 1.54) is 31.9 Å². The number of nitrogens with two attached hydrogens (primary N) is 1. The summed E-state index contributed by atoms with van der Waals surface area (Å²) in [5.41, 5.74) is 5.94. The summed E-state index contributed by atoms with van der Waals surface area (Å²) in [6.45, 7) is 2.77. The Bertz CT molecular complexity index is 438. The minimum absolute atomic E-state index is 0.0539. The number of rotatable bonds is 9. The van der Waals surface area contributed by atoms with E-state index in [9.17, 15) is 0 Å². The molecule has 0 unspecified atom stereocenters. The highest BCUT2D eigenvalue weighted by molar-refractivity contribution is 6.35. The van der Waals surface area contributed by atoms with Crippen molar-refractivity contribution in [3.8, 4) is 5.88 Å². The first-order valence-electron chi connectivity index (χ1n) is 6.95. The molecule has 0 aliphatic heterocycles. The number of unbranched alkanes of at least 4 members (excludes halogenated alkanes) is 5. The Hall–Kier alpha value is -1.49. The number of ether oxygens (including phenoxy) is 1. The normalized spacial score (nSPS) is 11.6. The van der Waals surface area contributed by atoms with Crippen molar-refractivity contribution in [1.82, 2.24) is 4.98 Å². The summed E-state index contributed by atoms with van der Waals surface area (Å²) in [5.74, 6) is 0.270. The van der Waals surface area contributed by atoms with Gasteiger partial charge in [-0.3, -0.25) is 0 Å². The van der Waals surface area contributed by atoms with Crippen LogP contribution in [0.3, 0.4) is 0 Å². The third-order valence-electron chi connectivity index (χ3n) is 2.98. The van der Waals surface area contributed by atoms with E-state index in [0.29, 0.717) is 18.1 Å². The molecule has 1 rings (SSSR count). The van der Waals surface area contributed by atoms with Gasteiger partial charge in [-0.15, -0.1) is 0 Å². The topological polar surface area (TPSA) is 80.7 Å². The average Bonchev–Trinajstić information content (AvgIpc) is 2.47. The molecule has 0 spiro atoms. The minimum Gasteiger partial charge on any atom is -0.477 e. The fourth-order valence-corrected chi connectivity index (χ4v) is 2.09. The summed E-state index contributed by atoms with van der Waals surface area (Å²) < 4.78 is 5.54. The maximum atomic E-state index is 8.66. The SMILES string of the molecule is CCCCCCCCOc1nccc(/C(N)=N/O)c1Cl. The number of hydrogen-bond donors (Lipinski definition) is 2. The number of amidine groups is 1. The summed E-state index contributed by atoms with van der Waals surface area (Å²) in [4.78, 5) is 4.06. The predicted molar refractivity (Wildman–Crippen MR) is 80.6 cm³/mol. The minimum atomic E-state index is -0.0539. The van der Waals surface area contributed by atoms with Gasteiger partial charge in [0, 0.05) is 11.8 Å². The highest BCUT2D eigenvalue weighted by Crippen LogP contribution is 2.25. The number of pyridine rings is 1. The van der Waals surface area contributed by atoms with Crippen LogP contribution in [0.25, 0.3) is 0 Å². The molecule has 20 heavy (non-hydrogen) atoms. The second-order valence-corrected chi connectivity index (χ2v) is 4.96. The molecule has 3 N–H and O–H groups in total. The molecule has 0 amide bonds. The molecule has 1 aromatic heterocycles. The first-order chi connectivity index (χ1) is 9.70. The second kappa shape index (κ2) is 9.42. The van der Waals surface area contributed by atoms with E-state index in [0.717, 1.165) is 12.8 Å². The van der Waals surface area contributed by atoms with Crippen LogP contribution in [0, 0.1) is 0 Å². The van der Waals surface area contributed by atoms with Crippen LogP contribution < -0.4 is 10.5 Å². The summed E-state index contributed by atoms with van der Waals surface area (Å²) >= 11 is 6.10. The van der Waals surface area contributed by atoms with Gasteiger partial charge in [-0.1, -0.05) is 55.8 Å². The van der Waals surface area contributed by atoms with Crippen molar-refractivity contribution in [2.45, 2.75) is 45.4 Å². The van der Waals surface area contributed by atoms with Crippen LogP contribution in [0.5, 0.6) is 5.88 Å². The highest BCUT2D eigenvalue weighted by atomic mass is 35.5. The van der Waals surface area contributed by atoms with Gasteiger partial charge in [0.15, 0.2) is 5.84 Å². The number of nitrogens with zero attached hydrogens (tertiary/aromatic N) is 2. The van der Waals surface area contributed by atoms with Crippen molar-refractivity contribution < 1.29 is 9.94 Å². The molecule has 0 saturated heterocycles. The van der Waals surface area contributed by atoms with E-state index in [4.69, 9.17) is 27.3 Å². The van der Waals surface area contributed by atoms with Crippen LogP contribution in [-0.2, 0) is 0 Å². The third-order valence-corrected chi connectivity index (χ3v) is 3.34. The van der Waals surface area contributed by atoms with Crippen LogP contribution >= 0.6 is 11.6 Å². The predicted octanol–water partition coefficient (Wildman–Crippen LogP) is 3.57. The zero-order valence-electron chi connectivity index (χ0n) is 11.8. The van der Waals surface area contributed by atoms with Gasteiger partial charge in [0.1, 0.15) is 5.02 Å². The molecule has 0 radical (unpaired) electrons. The van der Waals surface area contributed by atoms with Gasteiger partial charge >= 0.3 is 0 Å². The molecule has 6 heteroatoms. The molecule has 0 fully saturated rings. The summed E-state index contributed by atoms with van der Waals surface area (Å²) in [6, 6.07) is 1.58. The monoisotopic (exact) mass is 299 g/mol. The lowest BCUT2D eigenvalue weighted by molar-refractivity contribution is 0.293. The van der Waals surface area contributed by atoms with Gasteiger partial charge in [-0.25, -0.2) is 4.98 Å². The van der Waals surface area contributed by atoms with E-state index < -0.39 is 0 Å². The molecular weight excluding hydrogens is 278 g/mol. The van der Waals surface area contributed by atoms with E-state index in [1.807, 2.05) is 0 Å². The number of hydrogen-bond acceptors (Lipinski definition) is 4. The standard InChI is InChI=1S/C14H22ClN3O2/c1-2-3-4-5-6-7-10-20-14-12(15)11(8-9-17-14)13(16)18-19/h8-9,19H,2-7,10H2,1H3,(H2,16,18). The van der Waals surface area contributed by atoms with Crippen LogP contribution in [0.15, 0.2) is 17.4 Å². The van der Waals surface area contributed by atoms with Gasteiger partial charge in [-0.2, -0.15) is 0 Å². The molecule has 0 aliphatic rings. The van der Waals surface area contributed by atoms with Gasteiger partial charge in [0.05, 0.1) is 6.61 Å². The molecule has 0 saturated carbocycles. The van der Waals surface area contributed by atoms with Gasteiger partial charge in [0.25, 0.3) is 0 Å². The van der Waals surface area contributed by atoms with Gasteiger partial charge in [-0.05, 0) is 12.5 Å². The molecule has 112 valence electrons. The molecule has 0 aromatic carbocycles. The highest BCUT2D eigenvalue weighted by Gasteiger charge is 2.11. The molecule has 0 aliphatic carbocycles. The fourth-order valence-electron chi connectivity index (χ4n) is 1.83. The Kier molecular flexibility index (Phi) is 7.80. The van der Waals surface area contributed by atoms with Crippen molar-refractivity contribution in [2.75, 3.05) is 6.61 Å². The van der Waals surface area contributed by atoms with Crippen molar-refractivity contribution in [3.63, 3.8) is 0 Å². The lowest BCUT2D eigenvalue weighted by Crippen LogP contribution is -2.14. The Morgan fingerprint density at radius 1 is 1.35 bits per heavy atom. The smallest absolute Gasteiger partial charge is 0.233 e. The Balaban J connectivity index is 2.41. The fraction of sp³-hybridized carbons (Fsp3) is 0.571. The summed E-state index contributed by atoms with van der Waals surface area (Å²) in [6.07, 6.45) is 8.66. The van der Waals surface area contributed by atoms with E-state index in [2.05, 4.69) is 17.1 Å². The first-order valence-corrected chi connectivity index (χ1v) is 7.33. The molecular formula is C14H22ClN3O2. The largest absolute Gasteiger partial charge is 0.477 e. The second-order valence-electron chi connectivity index (χ2n) is 4.58. The third kappa shape index (κ3) is 5.25. The number of halogens is 1. The zero-order valence-corrected chi connectivity index (χ0v) is 12.6. The zero-order chi connectivity index (χ0) is 14.8. The van der Waals surface area contributed by atoms with Crippen molar-refractivity contribution in [2.24, 2.45) is 10.9 Å². The van der Waals surface area contributed by atoms with Crippen LogP contribution in [0.2, 0.25) is 5.02 Å². The van der Waals surface area contributed by atoms with Gasteiger partial charge in [0.2, 0.25) is 5.88 Å². The Labute approximate surface area is 124 Å². The maximum absolute atomic E-state index is 8.66. The van der Waals surface area contributed by atoms with E-state index in [1.54, 1.807) is 6.07 Å². The van der Waals surface area contributed by atoms with Gasteiger partial charge < -0.3 is 15.7 Å². The van der Waals surface area contributed by atoms with Crippen molar-refractivity contribution >= 4 is 17.4 Å². The lowest BCUT2D eigenvalue weighted by Gasteiger charge is -2.09. The molecule has 0 atom stereocenters. The summed E-state index contributed by atoms with van der Waals surface area (Å²) in [5, 5.41) is 11.9. The van der Waals surface area contributed by atoms with Crippen molar-refractivity contribution in [1.29, 1.82) is 0 Å².